The molecule has 0 saturated carbocycles. The first-order chi connectivity index (χ1) is 14.5. The number of anilines is 2. The van der Waals surface area contributed by atoms with Crippen molar-refractivity contribution in [2.45, 2.75) is 25.9 Å². The van der Waals surface area contributed by atoms with Crippen molar-refractivity contribution in [3.05, 3.63) is 59.7 Å². The molecule has 8 heteroatoms. The van der Waals surface area contributed by atoms with E-state index in [1.54, 1.807) is 6.92 Å². The lowest BCUT2D eigenvalue weighted by Crippen LogP contribution is -2.51. The molecule has 1 amide bonds. The third-order valence-corrected chi connectivity index (χ3v) is 7.57. The zero-order chi connectivity index (χ0) is 21.1. The van der Waals surface area contributed by atoms with E-state index >= 15 is 0 Å². The van der Waals surface area contributed by atoms with Gasteiger partial charge in [0.1, 0.15) is 6.04 Å². The van der Waals surface area contributed by atoms with Crippen LogP contribution in [-0.2, 0) is 32.5 Å². The largest absolute Gasteiger partial charge is 0.378 e. The Morgan fingerprint density at radius 2 is 1.73 bits per heavy atom. The van der Waals surface area contributed by atoms with Gasteiger partial charge in [0.05, 0.1) is 30.3 Å². The first kappa shape index (κ1) is 20.8. The summed E-state index contributed by atoms with van der Waals surface area (Å²) in [7, 11) is -3.54. The average molecular weight is 430 g/mol. The van der Waals surface area contributed by atoms with Crippen LogP contribution in [0.15, 0.2) is 48.5 Å². The van der Waals surface area contributed by atoms with Crippen molar-refractivity contribution >= 4 is 27.3 Å². The van der Waals surface area contributed by atoms with Gasteiger partial charge in [-0.25, -0.2) is 8.42 Å². The van der Waals surface area contributed by atoms with E-state index in [0.29, 0.717) is 25.3 Å². The summed E-state index contributed by atoms with van der Waals surface area (Å²) in [5.74, 6) is -0.342. The predicted octanol–water partition coefficient (Wildman–Crippen LogP) is 2.24. The van der Waals surface area contributed by atoms with Gasteiger partial charge < -0.3 is 15.0 Å². The topological polar surface area (TPSA) is 79.0 Å². The smallest absolute Gasteiger partial charge is 0.243 e. The number of ether oxygens (including phenoxy) is 1. The van der Waals surface area contributed by atoms with Gasteiger partial charge in [0, 0.05) is 19.6 Å². The van der Waals surface area contributed by atoms with Gasteiger partial charge in [-0.15, -0.1) is 0 Å². The Kier molecular flexibility index (Phi) is 6.08. The van der Waals surface area contributed by atoms with E-state index in [4.69, 9.17) is 4.74 Å². The highest BCUT2D eigenvalue weighted by molar-refractivity contribution is 7.89. The molecule has 4 rings (SSSR count). The molecule has 2 aliphatic rings. The SMILES string of the molecule is CCS(=O)(=O)N1Cc2ccccc2C[C@@H]1C(=O)Nc1ccccc1N1CCOCC1. The zero-order valence-corrected chi connectivity index (χ0v) is 17.9. The molecule has 2 heterocycles. The Morgan fingerprint density at radius 3 is 2.47 bits per heavy atom. The number of hydrogen-bond donors (Lipinski definition) is 1. The second kappa shape index (κ2) is 8.75. The molecule has 1 fully saturated rings. The minimum Gasteiger partial charge on any atom is -0.378 e. The van der Waals surface area contributed by atoms with Crippen molar-refractivity contribution < 1.29 is 17.9 Å². The molecular formula is C22H27N3O4S. The van der Waals surface area contributed by atoms with E-state index in [2.05, 4.69) is 10.2 Å². The Balaban J connectivity index is 1.62. The molecule has 0 aliphatic carbocycles. The van der Waals surface area contributed by atoms with Crippen LogP contribution < -0.4 is 10.2 Å². The van der Waals surface area contributed by atoms with E-state index in [1.165, 1.54) is 4.31 Å². The highest BCUT2D eigenvalue weighted by Gasteiger charge is 2.38. The summed E-state index contributed by atoms with van der Waals surface area (Å²) in [6, 6.07) is 14.6. The standard InChI is InChI=1S/C22H27N3O4S/c1-2-30(27,28)25-16-18-8-4-3-7-17(18)15-21(25)22(26)23-19-9-5-6-10-20(19)24-11-13-29-14-12-24/h3-10,21H,2,11-16H2,1H3,(H,23,26)/t21-/m1/s1. The molecule has 160 valence electrons. The summed E-state index contributed by atoms with van der Waals surface area (Å²) < 4.78 is 32.3. The third kappa shape index (κ3) is 4.21. The number of nitrogens with zero attached hydrogens (tertiary/aromatic N) is 2. The molecule has 0 radical (unpaired) electrons. The number of morpholine rings is 1. The Bertz CT molecular complexity index is 1020. The van der Waals surface area contributed by atoms with Crippen LogP contribution in [0, 0.1) is 0 Å². The minimum absolute atomic E-state index is 0.0384. The molecule has 7 nitrogen and oxygen atoms in total. The van der Waals surface area contributed by atoms with E-state index in [0.717, 1.165) is 29.9 Å². The maximum Gasteiger partial charge on any atom is 0.243 e. The number of nitrogens with one attached hydrogen (secondary N) is 1. The minimum atomic E-state index is -3.54. The van der Waals surface area contributed by atoms with Crippen molar-refractivity contribution in [3.8, 4) is 0 Å². The summed E-state index contributed by atoms with van der Waals surface area (Å²) in [4.78, 5) is 15.5. The molecule has 2 aromatic carbocycles. The number of carbonyl (C=O) groups excluding carboxylic acids is 1. The van der Waals surface area contributed by atoms with Gasteiger partial charge in [0.25, 0.3) is 0 Å². The molecule has 2 aromatic rings. The van der Waals surface area contributed by atoms with Crippen molar-refractivity contribution in [2.75, 3.05) is 42.3 Å². The zero-order valence-electron chi connectivity index (χ0n) is 17.1. The number of benzene rings is 2. The highest BCUT2D eigenvalue weighted by atomic mass is 32.2. The molecular weight excluding hydrogens is 402 g/mol. The summed E-state index contributed by atoms with van der Waals surface area (Å²) in [6.45, 7) is 4.61. The fourth-order valence-electron chi connectivity index (χ4n) is 4.06. The molecule has 0 aromatic heterocycles. The van der Waals surface area contributed by atoms with Crippen LogP contribution in [0.4, 0.5) is 11.4 Å². The van der Waals surface area contributed by atoms with Crippen LogP contribution in [0.1, 0.15) is 18.1 Å². The Hall–Kier alpha value is -2.42. The quantitative estimate of drug-likeness (QED) is 0.789. The summed E-state index contributed by atoms with van der Waals surface area (Å²) in [5.41, 5.74) is 3.58. The Morgan fingerprint density at radius 1 is 1.07 bits per heavy atom. The lowest BCUT2D eigenvalue weighted by Gasteiger charge is -2.35. The van der Waals surface area contributed by atoms with Crippen molar-refractivity contribution in [1.29, 1.82) is 0 Å². The van der Waals surface area contributed by atoms with Gasteiger partial charge in [0.15, 0.2) is 0 Å². The number of sulfonamides is 1. The molecule has 1 saturated heterocycles. The maximum atomic E-state index is 13.3. The second-order valence-electron chi connectivity index (χ2n) is 7.54. The predicted molar refractivity (Wildman–Crippen MR) is 117 cm³/mol. The van der Waals surface area contributed by atoms with Crippen molar-refractivity contribution in [2.24, 2.45) is 0 Å². The molecule has 0 spiro atoms. The first-order valence-electron chi connectivity index (χ1n) is 10.3. The van der Waals surface area contributed by atoms with Gasteiger partial charge in [-0.2, -0.15) is 4.31 Å². The lowest BCUT2D eigenvalue weighted by atomic mass is 9.95. The number of hydrogen-bond acceptors (Lipinski definition) is 5. The normalized spacial score (nSPS) is 19.9. The molecule has 0 unspecified atom stereocenters. The molecule has 0 bridgehead atoms. The van der Waals surface area contributed by atoms with Gasteiger partial charge in [-0.1, -0.05) is 36.4 Å². The third-order valence-electron chi connectivity index (χ3n) is 5.74. The van der Waals surface area contributed by atoms with Gasteiger partial charge in [-0.05, 0) is 36.6 Å². The van der Waals surface area contributed by atoms with E-state index in [1.807, 2.05) is 48.5 Å². The lowest BCUT2D eigenvalue weighted by molar-refractivity contribution is -0.120. The van der Waals surface area contributed by atoms with Crippen LogP contribution in [0.3, 0.4) is 0 Å². The van der Waals surface area contributed by atoms with Gasteiger partial charge >= 0.3 is 0 Å². The number of fused-ring (bicyclic) bond motifs is 1. The van der Waals surface area contributed by atoms with Gasteiger partial charge in [0.2, 0.25) is 15.9 Å². The van der Waals surface area contributed by atoms with E-state index in [-0.39, 0.29) is 18.2 Å². The number of para-hydroxylation sites is 2. The summed E-state index contributed by atoms with van der Waals surface area (Å²) >= 11 is 0. The molecule has 1 N–H and O–H groups in total. The first-order valence-corrected chi connectivity index (χ1v) is 11.9. The average Bonchev–Trinajstić information content (AvgIpc) is 2.79. The molecule has 1 atom stereocenters. The van der Waals surface area contributed by atoms with Crippen molar-refractivity contribution in [3.63, 3.8) is 0 Å². The summed E-state index contributed by atoms with van der Waals surface area (Å²) in [6.07, 6.45) is 0.362. The molecule has 30 heavy (non-hydrogen) atoms. The monoisotopic (exact) mass is 429 g/mol. The molecule has 2 aliphatic heterocycles. The van der Waals surface area contributed by atoms with E-state index < -0.39 is 16.1 Å². The number of carbonyl (C=O) groups is 1. The number of amides is 1. The fraction of sp³-hybridized carbons (Fsp3) is 0.409. The fourth-order valence-corrected chi connectivity index (χ4v) is 5.28. The van der Waals surface area contributed by atoms with Crippen LogP contribution >= 0.6 is 0 Å². The second-order valence-corrected chi connectivity index (χ2v) is 9.75. The highest BCUT2D eigenvalue weighted by Crippen LogP contribution is 2.30. The maximum absolute atomic E-state index is 13.3. The van der Waals surface area contributed by atoms with Crippen LogP contribution in [-0.4, -0.2) is 56.7 Å². The van der Waals surface area contributed by atoms with Gasteiger partial charge in [-0.3, -0.25) is 4.79 Å². The van der Waals surface area contributed by atoms with Crippen molar-refractivity contribution in [1.82, 2.24) is 4.31 Å². The van der Waals surface area contributed by atoms with Crippen LogP contribution in [0.2, 0.25) is 0 Å². The summed E-state index contributed by atoms with van der Waals surface area (Å²) in [5, 5.41) is 3.01. The van der Waals surface area contributed by atoms with Crippen LogP contribution in [0.25, 0.3) is 0 Å². The van der Waals surface area contributed by atoms with E-state index in [9.17, 15) is 13.2 Å². The number of rotatable bonds is 5. The van der Waals surface area contributed by atoms with Crippen LogP contribution in [0.5, 0.6) is 0 Å². The Labute approximate surface area is 177 Å².